The quantitative estimate of drug-likeness (QED) is 0.881. The number of nitrogens with zero attached hydrogens (tertiary/aromatic N) is 1. The fourth-order valence-electron chi connectivity index (χ4n) is 2.69. The van der Waals surface area contributed by atoms with E-state index in [0.29, 0.717) is 17.7 Å². The van der Waals surface area contributed by atoms with Crippen molar-refractivity contribution in [3.05, 3.63) is 68.0 Å². The lowest BCUT2D eigenvalue weighted by Crippen LogP contribution is -2.39. The van der Waals surface area contributed by atoms with Crippen LogP contribution in [-0.2, 0) is 11.2 Å². The van der Waals surface area contributed by atoms with Crippen LogP contribution in [0.25, 0.3) is 0 Å². The van der Waals surface area contributed by atoms with E-state index in [9.17, 15) is 19.5 Å². The van der Waals surface area contributed by atoms with E-state index >= 15 is 0 Å². The minimum atomic E-state index is -1.12. The standard InChI is InChI=1S/C17H20N2O4/c1-10(2)14-13(9-12-7-5-4-6-8-12)19(11(3)16(21)22)17(23)18-15(14)20/h4-8,10-11H,9H2,1-3H3,(H,21,22)(H,18,20,23). The fraction of sp³-hybridized carbons (Fsp3) is 0.353. The number of aliphatic carboxylic acids is 1. The van der Waals surface area contributed by atoms with Crippen molar-refractivity contribution in [2.45, 2.75) is 39.2 Å². The normalized spacial score (nSPS) is 12.3. The van der Waals surface area contributed by atoms with Gasteiger partial charge in [-0.1, -0.05) is 44.2 Å². The zero-order valence-corrected chi connectivity index (χ0v) is 13.4. The number of carboxylic acids is 1. The molecule has 6 heteroatoms. The summed E-state index contributed by atoms with van der Waals surface area (Å²) < 4.78 is 1.17. The monoisotopic (exact) mass is 316 g/mol. The Bertz CT molecular complexity index is 819. The maximum atomic E-state index is 12.2. The lowest BCUT2D eigenvalue weighted by Gasteiger charge is -2.20. The van der Waals surface area contributed by atoms with Crippen LogP contribution in [0.2, 0.25) is 0 Å². The van der Waals surface area contributed by atoms with E-state index in [2.05, 4.69) is 4.98 Å². The van der Waals surface area contributed by atoms with Gasteiger partial charge in [-0.05, 0) is 18.4 Å². The Kier molecular flexibility index (Phi) is 4.83. The van der Waals surface area contributed by atoms with E-state index in [0.717, 1.165) is 5.56 Å². The first-order valence-electron chi connectivity index (χ1n) is 7.47. The molecule has 122 valence electrons. The van der Waals surface area contributed by atoms with Gasteiger partial charge >= 0.3 is 11.7 Å². The Balaban J connectivity index is 2.75. The third-order valence-corrected chi connectivity index (χ3v) is 3.82. The van der Waals surface area contributed by atoms with E-state index in [1.807, 2.05) is 44.2 Å². The number of benzene rings is 1. The van der Waals surface area contributed by atoms with Gasteiger partial charge in [0.15, 0.2) is 0 Å². The number of rotatable bonds is 5. The van der Waals surface area contributed by atoms with Gasteiger partial charge in [-0.2, -0.15) is 0 Å². The maximum Gasteiger partial charge on any atom is 0.329 e. The van der Waals surface area contributed by atoms with Gasteiger partial charge in [0.05, 0.1) is 0 Å². The van der Waals surface area contributed by atoms with Gasteiger partial charge in [0.2, 0.25) is 0 Å². The molecule has 0 spiro atoms. The molecule has 2 aromatic rings. The van der Waals surface area contributed by atoms with Crippen LogP contribution in [0.15, 0.2) is 39.9 Å². The van der Waals surface area contributed by atoms with Crippen molar-refractivity contribution < 1.29 is 9.90 Å². The Hall–Kier alpha value is -2.63. The van der Waals surface area contributed by atoms with Crippen molar-refractivity contribution in [2.75, 3.05) is 0 Å². The molecule has 23 heavy (non-hydrogen) atoms. The summed E-state index contributed by atoms with van der Waals surface area (Å²) in [6.45, 7) is 5.12. The van der Waals surface area contributed by atoms with Crippen LogP contribution in [0.1, 0.15) is 49.6 Å². The molecule has 0 saturated heterocycles. The molecule has 0 aliphatic carbocycles. The molecule has 1 aromatic heterocycles. The van der Waals surface area contributed by atoms with Crippen molar-refractivity contribution in [3.8, 4) is 0 Å². The summed E-state index contributed by atoms with van der Waals surface area (Å²) in [6.07, 6.45) is 0.325. The van der Waals surface area contributed by atoms with Crippen LogP contribution in [0.4, 0.5) is 0 Å². The molecule has 0 saturated carbocycles. The first-order chi connectivity index (χ1) is 10.8. The molecular formula is C17H20N2O4. The number of carboxylic acid groups (broad SMARTS) is 1. The van der Waals surface area contributed by atoms with E-state index in [1.165, 1.54) is 11.5 Å². The third kappa shape index (κ3) is 3.41. The second kappa shape index (κ2) is 6.64. The Morgan fingerprint density at radius 1 is 1.17 bits per heavy atom. The van der Waals surface area contributed by atoms with Crippen molar-refractivity contribution in [3.63, 3.8) is 0 Å². The van der Waals surface area contributed by atoms with E-state index in [1.54, 1.807) is 0 Å². The Morgan fingerprint density at radius 2 is 1.78 bits per heavy atom. The van der Waals surface area contributed by atoms with Crippen LogP contribution in [0.5, 0.6) is 0 Å². The molecule has 1 atom stereocenters. The topological polar surface area (TPSA) is 92.2 Å². The number of carbonyl (C=O) groups is 1. The van der Waals surface area contributed by atoms with Gasteiger partial charge in [0.1, 0.15) is 6.04 Å². The molecule has 0 fully saturated rings. The Labute approximate surface area is 133 Å². The van der Waals surface area contributed by atoms with Gasteiger partial charge in [-0.15, -0.1) is 0 Å². The highest BCUT2D eigenvalue weighted by Crippen LogP contribution is 2.20. The zero-order chi connectivity index (χ0) is 17.1. The number of hydrogen-bond donors (Lipinski definition) is 2. The molecular weight excluding hydrogens is 296 g/mol. The molecule has 1 unspecified atom stereocenters. The van der Waals surface area contributed by atoms with Crippen molar-refractivity contribution >= 4 is 5.97 Å². The first kappa shape index (κ1) is 16.7. The SMILES string of the molecule is CC(C)c1c(Cc2ccccc2)n(C(C)C(=O)O)c(=O)[nH]c1=O. The summed E-state index contributed by atoms with van der Waals surface area (Å²) in [4.78, 5) is 38.0. The van der Waals surface area contributed by atoms with Crippen LogP contribution < -0.4 is 11.2 Å². The van der Waals surface area contributed by atoms with E-state index in [4.69, 9.17) is 0 Å². The van der Waals surface area contributed by atoms with Gasteiger partial charge in [0.25, 0.3) is 5.56 Å². The maximum absolute atomic E-state index is 12.2. The number of nitrogens with one attached hydrogen (secondary N) is 1. The van der Waals surface area contributed by atoms with Crippen LogP contribution in [0, 0.1) is 0 Å². The fourth-order valence-corrected chi connectivity index (χ4v) is 2.69. The van der Waals surface area contributed by atoms with Gasteiger partial charge in [0, 0.05) is 17.7 Å². The van der Waals surface area contributed by atoms with Gasteiger partial charge in [-0.3, -0.25) is 14.3 Å². The highest BCUT2D eigenvalue weighted by molar-refractivity contribution is 5.71. The van der Waals surface area contributed by atoms with Crippen molar-refractivity contribution in [1.29, 1.82) is 0 Å². The third-order valence-electron chi connectivity index (χ3n) is 3.82. The summed E-state index contributed by atoms with van der Waals surface area (Å²) >= 11 is 0. The smallest absolute Gasteiger partial charge is 0.329 e. The summed E-state index contributed by atoms with van der Waals surface area (Å²) in [5.41, 5.74) is 0.659. The average molecular weight is 316 g/mol. The minimum Gasteiger partial charge on any atom is -0.480 e. The Morgan fingerprint density at radius 3 is 2.30 bits per heavy atom. The highest BCUT2D eigenvalue weighted by atomic mass is 16.4. The molecule has 1 heterocycles. The summed E-state index contributed by atoms with van der Waals surface area (Å²) in [5.74, 6) is -1.26. The summed E-state index contributed by atoms with van der Waals surface area (Å²) in [5, 5.41) is 9.30. The van der Waals surface area contributed by atoms with Crippen molar-refractivity contribution in [1.82, 2.24) is 9.55 Å². The number of H-pyrrole nitrogens is 1. The molecule has 0 aliphatic heterocycles. The van der Waals surface area contributed by atoms with E-state index in [-0.39, 0.29) is 5.92 Å². The summed E-state index contributed by atoms with van der Waals surface area (Å²) in [7, 11) is 0. The van der Waals surface area contributed by atoms with Crippen molar-refractivity contribution in [2.24, 2.45) is 0 Å². The highest BCUT2D eigenvalue weighted by Gasteiger charge is 2.24. The number of aromatic nitrogens is 2. The number of aromatic amines is 1. The zero-order valence-electron chi connectivity index (χ0n) is 13.4. The van der Waals surface area contributed by atoms with Gasteiger partial charge in [-0.25, -0.2) is 9.59 Å². The van der Waals surface area contributed by atoms with Crippen LogP contribution in [0.3, 0.4) is 0 Å². The second-order valence-electron chi connectivity index (χ2n) is 5.82. The number of hydrogen-bond acceptors (Lipinski definition) is 3. The largest absolute Gasteiger partial charge is 0.480 e. The van der Waals surface area contributed by atoms with Crippen LogP contribution >= 0.6 is 0 Å². The molecule has 0 amide bonds. The predicted octanol–water partition coefficient (Wildman–Crippen LogP) is 1.90. The first-order valence-corrected chi connectivity index (χ1v) is 7.47. The second-order valence-corrected chi connectivity index (χ2v) is 5.82. The molecule has 0 radical (unpaired) electrons. The van der Waals surface area contributed by atoms with Crippen LogP contribution in [-0.4, -0.2) is 20.6 Å². The molecule has 0 bridgehead atoms. The molecule has 6 nitrogen and oxygen atoms in total. The van der Waals surface area contributed by atoms with Gasteiger partial charge < -0.3 is 5.11 Å². The van der Waals surface area contributed by atoms with E-state index < -0.39 is 23.3 Å². The molecule has 2 N–H and O–H groups in total. The summed E-state index contributed by atoms with van der Waals surface area (Å²) in [6, 6.07) is 8.30. The lowest BCUT2D eigenvalue weighted by atomic mass is 9.97. The minimum absolute atomic E-state index is 0.134. The molecule has 0 aliphatic rings. The molecule has 2 rings (SSSR count). The predicted molar refractivity (Wildman–Crippen MR) is 87.0 cm³/mol. The lowest BCUT2D eigenvalue weighted by molar-refractivity contribution is -0.140. The average Bonchev–Trinajstić information content (AvgIpc) is 2.47. The molecule has 1 aromatic carbocycles.